The van der Waals surface area contributed by atoms with E-state index in [0.717, 1.165) is 4.90 Å². The van der Waals surface area contributed by atoms with Crippen LogP contribution < -0.4 is 5.73 Å². The summed E-state index contributed by atoms with van der Waals surface area (Å²) in [6, 6.07) is -0.883. The second-order valence-electron chi connectivity index (χ2n) is 2.45. The summed E-state index contributed by atoms with van der Waals surface area (Å²) in [5.74, 6) is -1.06. The van der Waals surface area contributed by atoms with Crippen LogP contribution in [-0.4, -0.2) is 34.6 Å². The third kappa shape index (κ3) is 3.44. The lowest BCUT2D eigenvalue weighted by Crippen LogP contribution is -2.43. The lowest BCUT2D eigenvalue weighted by Gasteiger charge is -2.21. The molecular formula is C6H12N2O3. The Labute approximate surface area is 64.8 Å². The van der Waals surface area contributed by atoms with Gasteiger partial charge in [0, 0.05) is 6.04 Å². The number of carbonyl (C=O) groups excluding carboxylic acids is 1. The van der Waals surface area contributed by atoms with Gasteiger partial charge in [0.1, 0.15) is 6.54 Å². The van der Waals surface area contributed by atoms with Gasteiger partial charge < -0.3 is 15.7 Å². The molecule has 0 rings (SSSR count). The van der Waals surface area contributed by atoms with E-state index in [1.165, 1.54) is 0 Å². The van der Waals surface area contributed by atoms with Crippen LogP contribution in [0.3, 0.4) is 0 Å². The van der Waals surface area contributed by atoms with Crippen molar-refractivity contribution in [1.29, 1.82) is 0 Å². The van der Waals surface area contributed by atoms with Crippen molar-refractivity contribution >= 4 is 12.0 Å². The van der Waals surface area contributed by atoms with Crippen LogP contribution in [0, 0.1) is 0 Å². The molecule has 0 saturated carbocycles. The first-order valence-electron chi connectivity index (χ1n) is 3.23. The van der Waals surface area contributed by atoms with Crippen LogP contribution in [0.1, 0.15) is 13.8 Å². The van der Waals surface area contributed by atoms with Crippen LogP contribution in [-0.2, 0) is 4.79 Å². The summed E-state index contributed by atoms with van der Waals surface area (Å²) in [7, 11) is 0. The highest BCUT2D eigenvalue weighted by atomic mass is 16.4. The Balaban J connectivity index is 4.12. The second-order valence-corrected chi connectivity index (χ2v) is 2.45. The molecule has 3 N–H and O–H groups in total. The van der Waals surface area contributed by atoms with E-state index >= 15 is 0 Å². The molecule has 0 aliphatic carbocycles. The van der Waals surface area contributed by atoms with Crippen LogP contribution in [0.15, 0.2) is 0 Å². The molecule has 0 atom stereocenters. The highest BCUT2D eigenvalue weighted by Crippen LogP contribution is 1.95. The lowest BCUT2D eigenvalue weighted by atomic mass is 10.3. The Hall–Kier alpha value is -1.26. The molecular weight excluding hydrogens is 148 g/mol. The van der Waals surface area contributed by atoms with E-state index in [4.69, 9.17) is 10.8 Å². The van der Waals surface area contributed by atoms with Crippen LogP contribution in [0.25, 0.3) is 0 Å². The summed E-state index contributed by atoms with van der Waals surface area (Å²) in [6.45, 7) is 3.06. The Morgan fingerprint density at radius 2 is 2.00 bits per heavy atom. The normalized spacial score (nSPS) is 9.73. The zero-order valence-corrected chi connectivity index (χ0v) is 6.57. The molecule has 0 bridgehead atoms. The molecule has 2 amide bonds. The van der Waals surface area contributed by atoms with Gasteiger partial charge in [0.25, 0.3) is 0 Å². The number of carboxylic acids is 1. The highest BCUT2D eigenvalue weighted by Gasteiger charge is 2.15. The monoisotopic (exact) mass is 160 g/mol. The fourth-order valence-electron chi connectivity index (χ4n) is 0.661. The Bertz CT molecular complexity index is 167. The Kier molecular flexibility index (Phi) is 3.36. The molecule has 0 aromatic rings. The zero-order chi connectivity index (χ0) is 9.02. The minimum Gasteiger partial charge on any atom is -0.480 e. The summed E-state index contributed by atoms with van der Waals surface area (Å²) >= 11 is 0. The van der Waals surface area contributed by atoms with Gasteiger partial charge in [-0.05, 0) is 13.8 Å². The number of urea groups is 1. The molecule has 11 heavy (non-hydrogen) atoms. The molecule has 0 aliphatic rings. The zero-order valence-electron chi connectivity index (χ0n) is 6.57. The topological polar surface area (TPSA) is 83.6 Å². The van der Waals surface area contributed by atoms with Crippen molar-refractivity contribution in [2.24, 2.45) is 5.73 Å². The summed E-state index contributed by atoms with van der Waals surface area (Å²) in [5, 5.41) is 8.33. The van der Waals surface area contributed by atoms with Crippen LogP contribution in [0.4, 0.5) is 4.79 Å². The smallest absolute Gasteiger partial charge is 0.323 e. The average molecular weight is 160 g/mol. The molecule has 0 aromatic carbocycles. The van der Waals surface area contributed by atoms with E-state index in [1.54, 1.807) is 13.8 Å². The minimum atomic E-state index is -1.06. The SMILES string of the molecule is CC(C)N(CC(=O)O)C(N)=O. The van der Waals surface area contributed by atoms with Gasteiger partial charge in [-0.2, -0.15) is 0 Å². The molecule has 64 valence electrons. The molecule has 0 saturated heterocycles. The number of primary amides is 1. The van der Waals surface area contributed by atoms with Crippen molar-refractivity contribution in [2.45, 2.75) is 19.9 Å². The fraction of sp³-hybridized carbons (Fsp3) is 0.667. The number of hydrogen-bond donors (Lipinski definition) is 2. The van der Waals surface area contributed by atoms with Gasteiger partial charge in [-0.1, -0.05) is 0 Å². The first-order chi connectivity index (χ1) is 4.95. The van der Waals surface area contributed by atoms with Gasteiger partial charge in [0.05, 0.1) is 0 Å². The van der Waals surface area contributed by atoms with Crippen molar-refractivity contribution in [3.63, 3.8) is 0 Å². The average Bonchev–Trinajstić information content (AvgIpc) is 1.81. The maximum absolute atomic E-state index is 10.6. The molecule has 5 heteroatoms. The number of nitrogens with zero attached hydrogens (tertiary/aromatic N) is 1. The molecule has 0 heterocycles. The second kappa shape index (κ2) is 3.80. The number of rotatable bonds is 3. The van der Waals surface area contributed by atoms with E-state index < -0.39 is 12.0 Å². The van der Waals surface area contributed by atoms with E-state index in [9.17, 15) is 9.59 Å². The third-order valence-electron chi connectivity index (χ3n) is 1.21. The van der Waals surface area contributed by atoms with Gasteiger partial charge in [0.15, 0.2) is 0 Å². The predicted octanol–water partition coefficient (Wildman–Crippen LogP) is -0.140. The first-order valence-corrected chi connectivity index (χ1v) is 3.23. The molecule has 0 unspecified atom stereocenters. The maximum Gasteiger partial charge on any atom is 0.323 e. The number of hydrogen-bond acceptors (Lipinski definition) is 2. The number of carbonyl (C=O) groups is 2. The van der Waals surface area contributed by atoms with E-state index in [2.05, 4.69) is 0 Å². The lowest BCUT2D eigenvalue weighted by molar-refractivity contribution is -0.137. The summed E-state index contributed by atoms with van der Waals surface area (Å²) in [4.78, 5) is 21.8. The standard InChI is InChI=1S/C6H12N2O3/c1-4(2)8(6(7)11)3-5(9)10/h4H,3H2,1-2H3,(H2,7,11)(H,9,10). The Morgan fingerprint density at radius 1 is 1.55 bits per heavy atom. The van der Waals surface area contributed by atoms with Crippen LogP contribution in [0.5, 0.6) is 0 Å². The summed E-state index contributed by atoms with van der Waals surface area (Å²) in [5.41, 5.74) is 4.91. The quantitative estimate of drug-likeness (QED) is 0.602. The fourth-order valence-corrected chi connectivity index (χ4v) is 0.661. The number of aliphatic carboxylic acids is 1. The largest absolute Gasteiger partial charge is 0.480 e. The van der Waals surface area contributed by atoms with Crippen molar-refractivity contribution < 1.29 is 14.7 Å². The molecule has 0 fully saturated rings. The van der Waals surface area contributed by atoms with Gasteiger partial charge in [-0.25, -0.2) is 4.79 Å². The number of nitrogens with two attached hydrogens (primary N) is 1. The Morgan fingerprint density at radius 3 is 2.09 bits per heavy atom. The van der Waals surface area contributed by atoms with Gasteiger partial charge in [0.2, 0.25) is 0 Å². The van der Waals surface area contributed by atoms with E-state index in [0.29, 0.717) is 0 Å². The van der Waals surface area contributed by atoms with Crippen molar-refractivity contribution in [1.82, 2.24) is 4.90 Å². The molecule has 0 radical (unpaired) electrons. The minimum absolute atomic E-state index is 0.177. The summed E-state index contributed by atoms with van der Waals surface area (Å²) in [6.07, 6.45) is 0. The summed E-state index contributed by atoms with van der Waals surface area (Å²) < 4.78 is 0. The van der Waals surface area contributed by atoms with Gasteiger partial charge in [-0.15, -0.1) is 0 Å². The maximum atomic E-state index is 10.6. The first kappa shape index (κ1) is 9.74. The predicted molar refractivity (Wildman–Crippen MR) is 39.1 cm³/mol. The van der Waals surface area contributed by atoms with Gasteiger partial charge in [-0.3, -0.25) is 4.79 Å². The van der Waals surface area contributed by atoms with E-state index in [1.807, 2.05) is 0 Å². The van der Waals surface area contributed by atoms with Crippen LogP contribution >= 0.6 is 0 Å². The van der Waals surface area contributed by atoms with Crippen molar-refractivity contribution in [2.75, 3.05) is 6.54 Å². The molecule has 0 spiro atoms. The number of amides is 2. The highest BCUT2D eigenvalue weighted by molar-refractivity contribution is 5.79. The molecule has 0 aromatic heterocycles. The molecule has 0 aliphatic heterocycles. The van der Waals surface area contributed by atoms with Gasteiger partial charge >= 0.3 is 12.0 Å². The van der Waals surface area contributed by atoms with E-state index in [-0.39, 0.29) is 12.6 Å². The molecule has 5 nitrogen and oxygen atoms in total. The van der Waals surface area contributed by atoms with Crippen LogP contribution in [0.2, 0.25) is 0 Å². The third-order valence-corrected chi connectivity index (χ3v) is 1.21. The van der Waals surface area contributed by atoms with Crippen molar-refractivity contribution in [3.8, 4) is 0 Å². The van der Waals surface area contributed by atoms with Crippen molar-refractivity contribution in [3.05, 3.63) is 0 Å². The number of carboxylic acid groups (broad SMARTS) is 1.